The van der Waals surface area contributed by atoms with Gasteiger partial charge in [-0.1, -0.05) is 42.5 Å². The van der Waals surface area contributed by atoms with Crippen LogP contribution in [0, 0.1) is 5.92 Å². The van der Waals surface area contributed by atoms with E-state index in [0.29, 0.717) is 6.54 Å². The summed E-state index contributed by atoms with van der Waals surface area (Å²) in [6.07, 6.45) is 2.74. The highest BCUT2D eigenvalue weighted by molar-refractivity contribution is 6.00. The molecule has 1 fully saturated rings. The first-order valence-corrected chi connectivity index (χ1v) is 9.47. The van der Waals surface area contributed by atoms with E-state index < -0.39 is 6.10 Å². The fourth-order valence-electron chi connectivity index (χ4n) is 4.12. The van der Waals surface area contributed by atoms with Gasteiger partial charge in [0.2, 0.25) is 0 Å². The lowest BCUT2D eigenvalue weighted by Gasteiger charge is -2.26. The highest BCUT2D eigenvalue weighted by Gasteiger charge is 2.37. The van der Waals surface area contributed by atoms with Gasteiger partial charge in [0.15, 0.2) is 5.78 Å². The van der Waals surface area contributed by atoms with Crippen molar-refractivity contribution in [2.45, 2.75) is 43.9 Å². The van der Waals surface area contributed by atoms with Gasteiger partial charge in [-0.25, -0.2) is 0 Å². The first-order valence-electron chi connectivity index (χ1n) is 9.47. The molecule has 0 aliphatic heterocycles. The molecule has 1 saturated carbocycles. The zero-order chi connectivity index (χ0) is 17.9. The molecule has 0 spiro atoms. The van der Waals surface area contributed by atoms with Gasteiger partial charge in [-0.15, -0.1) is 0 Å². The Hall–Kier alpha value is -2.17. The quantitative estimate of drug-likeness (QED) is 0.869. The molecule has 0 heterocycles. The van der Waals surface area contributed by atoms with E-state index in [2.05, 4.69) is 5.32 Å². The van der Waals surface area contributed by atoms with E-state index in [1.807, 2.05) is 54.6 Å². The van der Waals surface area contributed by atoms with Crippen LogP contribution in [0.5, 0.6) is 5.75 Å². The molecule has 0 radical (unpaired) electrons. The molecule has 2 N–H and O–H groups in total. The molecule has 0 bridgehead atoms. The summed E-state index contributed by atoms with van der Waals surface area (Å²) < 4.78 is 5.92. The van der Waals surface area contributed by atoms with Gasteiger partial charge in [-0.3, -0.25) is 4.79 Å². The summed E-state index contributed by atoms with van der Waals surface area (Å²) in [4.78, 5) is 12.7. The number of Topliss-reactive ketones (excluding diaryl/α,β-unsaturated/α-hetero) is 1. The van der Waals surface area contributed by atoms with Crippen molar-refractivity contribution in [1.82, 2.24) is 5.32 Å². The van der Waals surface area contributed by atoms with E-state index in [9.17, 15) is 9.90 Å². The molecule has 0 aromatic heterocycles. The van der Waals surface area contributed by atoms with Crippen LogP contribution in [-0.2, 0) is 6.42 Å². The van der Waals surface area contributed by atoms with Gasteiger partial charge in [0, 0.05) is 24.1 Å². The maximum atomic E-state index is 12.7. The van der Waals surface area contributed by atoms with Crippen molar-refractivity contribution in [1.29, 1.82) is 0 Å². The first kappa shape index (κ1) is 17.3. The topological polar surface area (TPSA) is 58.6 Å². The zero-order valence-corrected chi connectivity index (χ0v) is 14.8. The normalized spacial score (nSPS) is 28.0. The number of para-hydroxylation sites is 1. The molecule has 4 nitrogen and oxygen atoms in total. The molecular formula is C22H25NO3. The average molecular weight is 351 g/mol. The fourth-order valence-corrected chi connectivity index (χ4v) is 4.12. The van der Waals surface area contributed by atoms with Gasteiger partial charge >= 0.3 is 0 Å². The number of ether oxygens (including phenoxy) is 1. The molecule has 4 atom stereocenters. The van der Waals surface area contributed by atoms with Crippen molar-refractivity contribution in [2.24, 2.45) is 5.92 Å². The lowest BCUT2D eigenvalue weighted by Crippen LogP contribution is -2.44. The molecule has 136 valence electrons. The van der Waals surface area contributed by atoms with Crippen molar-refractivity contribution in [2.75, 3.05) is 6.54 Å². The highest BCUT2D eigenvalue weighted by Crippen LogP contribution is 2.28. The molecule has 0 saturated heterocycles. The van der Waals surface area contributed by atoms with Crippen LogP contribution in [0.1, 0.15) is 35.2 Å². The molecule has 2 aliphatic rings. The van der Waals surface area contributed by atoms with Crippen LogP contribution in [0.2, 0.25) is 0 Å². The highest BCUT2D eigenvalue weighted by atomic mass is 16.5. The molecule has 4 unspecified atom stereocenters. The van der Waals surface area contributed by atoms with E-state index in [1.54, 1.807) is 0 Å². The van der Waals surface area contributed by atoms with Crippen LogP contribution in [0.4, 0.5) is 0 Å². The van der Waals surface area contributed by atoms with E-state index in [-0.39, 0.29) is 23.8 Å². The summed E-state index contributed by atoms with van der Waals surface area (Å²) in [5.41, 5.74) is 2.02. The van der Waals surface area contributed by atoms with Crippen molar-refractivity contribution >= 4 is 5.78 Å². The molecule has 4 heteroatoms. The van der Waals surface area contributed by atoms with Crippen molar-refractivity contribution in [3.05, 3.63) is 65.7 Å². The maximum Gasteiger partial charge on any atom is 0.167 e. The van der Waals surface area contributed by atoms with Crippen LogP contribution in [-0.4, -0.2) is 35.7 Å². The standard InChI is InChI=1S/C22H25NO3/c24-21-16(11-10-15-6-4-5-9-18(15)21)14-23-19-12-13-20(22(19)25)26-17-7-2-1-3-8-17/h1-9,16,19-20,22-23,25H,10-14H2. The van der Waals surface area contributed by atoms with Crippen molar-refractivity contribution < 1.29 is 14.6 Å². The number of carbonyl (C=O) groups excluding carboxylic acids is 1. The molecule has 0 amide bonds. The van der Waals surface area contributed by atoms with Crippen LogP contribution >= 0.6 is 0 Å². The molecule has 2 aromatic carbocycles. The predicted molar refractivity (Wildman–Crippen MR) is 100 cm³/mol. The Morgan fingerprint density at radius 3 is 2.62 bits per heavy atom. The van der Waals surface area contributed by atoms with Crippen LogP contribution in [0.3, 0.4) is 0 Å². The summed E-state index contributed by atoms with van der Waals surface area (Å²) >= 11 is 0. The molecule has 4 rings (SSSR count). The third-order valence-corrected chi connectivity index (χ3v) is 5.63. The molecule has 26 heavy (non-hydrogen) atoms. The van der Waals surface area contributed by atoms with Gasteiger partial charge in [0.25, 0.3) is 0 Å². The van der Waals surface area contributed by atoms with Gasteiger partial charge < -0.3 is 15.2 Å². The Balaban J connectivity index is 1.32. The average Bonchev–Trinajstić information content (AvgIpc) is 3.02. The third-order valence-electron chi connectivity index (χ3n) is 5.63. The Morgan fingerprint density at radius 1 is 1.00 bits per heavy atom. The summed E-state index contributed by atoms with van der Waals surface area (Å²) in [7, 11) is 0. The lowest BCUT2D eigenvalue weighted by molar-refractivity contribution is 0.0441. The Bertz CT molecular complexity index is 761. The van der Waals surface area contributed by atoms with E-state index in [0.717, 1.165) is 42.6 Å². The second kappa shape index (κ2) is 7.60. The minimum Gasteiger partial charge on any atom is -0.488 e. The number of aryl methyl sites for hydroxylation is 1. The van der Waals surface area contributed by atoms with Gasteiger partial charge in [-0.05, 0) is 43.4 Å². The SMILES string of the molecule is O=C1c2ccccc2CCC1CNC1CCC(Oc2ccccc2)C1O. The third kappa shape index (κ3) is 3.53. The zero-order valence-electron chi connectivity index (χ0n) is 14.8. The number of rotatable bonds is 5. The predicted octanol–water partition coefficient (Wildman–Crippen LogP) is 2.99. The maximum absolute atomic E-state index is 12.7. The minimum atomic E-state index is -0.554. The summed E-state index contributed by atoms with van der Waals surface area (Å²) in [5, 5.41) is 14.0. The minimum absolute atomic E-state index is 0.00816. The van der Waals surface area contributed by atoms with Gasteiger partial charge in [0.1, 0.15) is 18.0 Å². The second-order valence-electron chi connectivity index (χ2n) is 7.31. The van der Waals surface area contributed by atoms with Crippen LogP contribution < -0.4 is 10.1 Å². The Labute approximate surface area is 154 Å². The van der Waals surface area contributed by atoms with Gasteiger partial charge in [0.05, 0.1) is 0 Å². The molecular weight excluding hydrogens is 326 g/mol. The van der Waals surface area contributed by atoms with E-state index >= 15 is 0 Å². The van der Waals surface area contributed by atoms with Crippen LogP contribution in [0.15, 0.2) is 54.6 Å². The van der Waals surface area contributed by atoms with Crippen molar-refractivity contribution in [3.63, 3.8) is 0 Å². The summed E-state index contributed by atoms with van der Waals surface area (Å²) in [6, 6.07) is 17.5. The number of fused-ring (bicyclic) bond motifs is 1. The fraction of sp³-hybridized carbons (Fsp3) is 0.409. The number of hydrogen-bond acceptors (Lipinski definition) is 4. The second-order valence-corrected chi connectivity index (χ2v) is 7.31. The smallest absolute Gasteiger partial charge is 0.167 e. The molecule has 2 aromatic rings. The lowest BCUT2D eigenvalue weighted by atomic mass is 9.82. The van der Waals surface area contributed by atoms with E-state index in [1.165, 1.54) is 0 Å². The number of benzene rings is 2. The Kier molecular flexibility index (Phi) is 5.05. The number of nitrogens with one attached hydrogen (secondary N) is 1. The largest absolute Gasteiger partial charge is 0.488 e. The van der Waals surface area contributed by atoms with Crippen LogP contribution in [0.25, 0.3) is 0 Å². The number of aliphatic hydroxyl groups excluding tert-OH is 1. The number of ketones is 1. The van der Waals surface area contributed by atoms with Gasteiger partial charge in [-0.2, -0.15) is 0 Å². The number of carbonyl (C=O) groups is 1. The first-order chi connectivity index (χ1) is 12.7. The molecule has 2 aliphatic carbocycles. The summed E-state index contributed by atoms with van der Waals surface area (Å²) in [5.74, 6) is 1.01. The number of aliphatic hydroxyl groups is 1. The monoisotopic (exact) mass is 351 g/mol. The van der Waals surface area contributed by atoms with E-state index in [4.69, 9.17) is 4.74 Å². The Morgan fingerprint density at radius 2 is 1.77 bits per heavy atom. The number of hydrogen-bond donors (Lipinski definition) is 2. The van der Waals surface area contributed by atoms with Crippen molar-refractivity contribution in [3.8, 4) is 5.75 Å². The summed E-state index contributed by atoms with van der Waals surface area (Å²) in [6.45, 7) is 0.618.